The minimum absolute atomic E-state index is 0.376. The Morgan fingerprint density at radius 1 is 1.36 bits per heavy atom. The zero-order valence-corrected chi connectivity index (χ0v) is 7.42. The van der Waals surface area contributed by atoms with Gasteiger partial charge in [0.15, 0.2) is 0 Å². The van der Waals surface area contributed by atoms with Gasteiger partial charge >= 0.3 is 6.16 Å². The molecular formula is C8H16O3. The lowest BCUT2D eigenvalue weighted by Gasteiger charge is -2.05. The van der Waals surface area contributed by atoms with Crippen LogP contribution in [0.25, 0.3) is 0 Å². The summed E-state index contributed by atoms with van der Waals surface area (Å²) in [4.78, 5) is 10.6. The third-order valence-corrected chi connectivity index (χ3v) is 1.18. The minimum atomic E-state index is -0.562. The summed E-state index contributed by atoms with van der Waals surface area (Å²) >= 11 is 0. The highest BCUT2D eigenvalue weighted by atomic mass is 16.7. The van der Waals surface area contributed by atoms with E-state index in [1.165, 1.54) is 0 Å². The number of hydrogen-bond donors (Lipinski definition) is 0. The Hall–Kier alpha value is -0.730. The van der Waals surface area contributed by atoms with E-state index in [0.717, 1.165) is 6.42 Å². The van der Waals surface area contributed by atoms with Gasteiger partial charge in [0.25, 0.3) is 0 Å². The van der Waals surface area contributed by atoms with Gasteiger partial charge in [0.2, 0.25) is 0 Å². The molecule has 3 heteroatoms. The van der Waals surface area contributed by atoms with E-state index in [1.807, 2.05) is 0 Å². The molecule has 11 heavy (non-hydrogen) atoms. The third-order valence-electron chi connectivity index (χ3n) is 1.18. The van der Waals surface area contributed by atoms with Gasteiger partial charge < -0.3 is 9.47 Å². The Morgan fingerprint density at radius 2 is 2.00 bits per heavy atom. The average molecular weight is 160 g/mol. The predicted octanol–water partition coefficient (Wildman–Crippen LogP) is 2.21. The van der Waals surface area contributed by atoms with Crippen LogP contribution in [0.4, 0.5) is 4.79 Å². The van der Waals surface area contributed by atoms with Crippen molar-refractivity contribution in [2.45, 2.75) is 27.2 Å². The van der Waals surface area contributed by atoms with Crippen LogP contribution in [-0.2, 0) is 9.47 Å². The molecule has 0 aromatic carbocycles. The molecule has 0 fully saturated rings. The second-order valence-corrected chi connectivity index (χ2v) is 2.71. The molecule has 0 saturated carbocycles. The van der Waals surface area contributed by atoms with E-state index >= 15 is 0 Å². The lowest BCUT2D eigenvalue weighted by atomic mass is 10.1. The summed E-state index contributed by atoms with van der Waals surface area (Å²) in [5.41, 5.74) is 0. The van der Waals surface area contributed by atoms with Crippen LogP contribution in [0.2, 0.25) is 0 Å². The van der Waals surface area contributed by atoms with Crippen LogP contribution in [0.3, 0.4) is 0 Å². The van der Waals surface area contributed by atoms with Crippen molar-refractivity contribution >= 4 is 6.16 Å². The largest absolute Gasteiger partial charge is 0.508 e. The van der Waals surface area contributed by atoms with Gasteiger partial charge in [-0.15, -0.1) is 0 Å². The molecule has 0 spiro atoms. The average Bonchev–Trinajstić information content (AvgIpc) is 1.87. The Kier molecular flexibility index (Phi) is 5.61. The smallest absolute Gasteiger partial charge is 0.435 e. The quantitative estimate of drug-likeness (QED) is 0.591. The molecule has 0 aliphatic heterocycles. The van der Waals surface area contributed by atoms with E-state index in [2.05, 4.69) is 18.6 Å². The zero-order chi connectivity index (χ0) is 8.69. The molecule has 0 radical (unpaired) electrons. The van der Waals surface area contributed by atoms with Gasteiger partial charge in [-0.1, -0.05) is 13.8 Å². The topological polar surface area (TPSA) is 35.5 Å². The SMILES string of the molecule is CCOC(=O)OCCC(C)C. The van der Waals surface area contributed by atoms with Crippen molar-refractivity contribution in [2.75, 3.05) is 13.2 Å². The molecule has 0 aromatic heterocycles. The molecular weight excluding hydrogens is 144 g/mol. The number of ether oxygens (including phenoxy) is 2. The van der Waals surface area contributed by atoms with Crippen LogP contribution in [0.1, 0.15) is 27.2 Å². The van der Waals surface area contributed by atoms with Gasteiger partial charge in [-0.2, -0.15) is 0 Å². The highest BCUT2D eigenvalue weighted by Gasteiger charge is 2.01. The molecule has 0 bridgehead atoms. The van der Waals surface area contributed by atoms with E-state index in [0.29, 0.717) is 19.1 Å². The van der Waals surface area contributed by atoms with Crippen molar-refractivity contribution in [3.8, 4) is 0 Å². The fraction of sp³-hybridized carbons (Fsp3) is 0.875. The first-order chi connectivity index (χ1) is 5.16. The highest BCUT2D eigenvalue weighted by molar-refractivity contribution is 5.59. The summed E-state index contributed by atoms with van der Waals surface area (Å²) in [6, 6.07) is 0. The maximum atomic E-state index is 10.6. The van der Waals surface area contributed by atoms with Crippen molar-refractivity contribution in [3.63, 3.8) is 0 Å². The molecule has 0 saturated heterocycles. The van der Waals surface area contributed by atoms with Crippen molar-refractivity contribution in [1.82, 2.24) is 0 Å². The second kappa shape index (κ2) is 6.01. The van der Waals surface area contributed by atoms with Gasteiger partial charge in [-0.25, -0.2) is 4.79 Å². The number of carbonyl (C=O) groups excluding carboxylic acids is 1. The molecule has 66 valence electrons. The predicted molar refractivity (Wildman–Crippen MR) is 42.4 cm³/mol. The lowest BCUT2D eigenvalue weighted by Crippen LogP contribution is -2.09. The van der Waals surface area contributed by atoms with Crippen molar-refractivity contribution in [3.05, 3.63) is 0 Å². The van der Waals surface area contributed by atoms with Crippen LogP contribution in [-0.4, -0.2) is 19.4 Å². The van der Waals surface area contributed by atoms with Crippen LogP contribution in [0.5, 0.6) is 0 Å². The van der Waals surface area contributed by atoms with E-state index < -0.39 is 6.16 Å². The van der Waals surface area contributed by atoms with Crippen molar-refractivity contribution in [1.29, 1.82) is 0 Å². The van der Waals surface area contributed by atoms with Crippen LogP contribution >= 0.6 is 0 Å². The van der Waals surface area contributed by atoms with E-state index in [9.17, 15) is 4.79 Å². The number of rotatable bonds is 4. The van der Waals surface area contributed by atoms with E-state index in [4.69, 9.17) is 4.74 Å². The summed E-state index contributed by atoms with van der Waals surface area (Å²) in [5.74, 6) is 0.560. The lowest BCUT2D eigenvalue weighted by molar-refractivity contribution is 0.0561. The van der Waals surface area contributed by atoms with Gasteiger partial charge in [0, 0.05) is 0 Å². The van der Waals surface area contributed by atoms with Gasteiger partial charge in [0.1, 0.15) is 0 Å². The van der Waals surface area contributed by atoms with Gasteiger partial charge in [-0.05, 0) is 19.3 Å². The van der Waals surface area contributed by atoms with Crippen LogP contribution < -0.4 is 0 Å². The number of hydrogen-bond acceptors (Lipinski definition) is 3. The van der Waals surface area contributed by atoms with Crippen LogP contribution in [0, 0.1) is 5.92 Å². The molecule has 0 heterocycles. The molecule has 0 aliphatic carbocycles. The van der Waals surface area contributed by atoms with E-state index in [-0.39, 0.29) is 0 Å². The van der Waals surface area contributed by atoms with Gasteiger partial charge in [-0.3, -0.25) is 0 Å². The first-order valence-corrected chi connectivity index (χ1v) is 3.96. The normalized spacial score (nSPS) is 9.82. The molecule has 0 atom stereocenters. The summed E-state index contributed by atoms with van der Waals surface area (Å²) in [7, 11) is 0. The highest BCUT2D eigenvalue weighted by Crippen LogP contribution is 1.99. The standard InChI is InChI=1S/C8H16O3/c1-4-10-8(9)11-6-5-7(2)3/h7H,4-6H2,1-3H3. The maximum absolute atomic E-state index is 10.6. The summed E-state index contributed by atoms with van der Waals surface area (Å²) < 4.78 is 9.29. The fourth-order valence-corrected chi connectivity index (χ4v) is 0.537. The Bertz CT molecular complexity index is 110. The Morgan fingerprint density at radius 3 is 2.45 bits per heavy atom. The molecule has 0 aliphatic rings. The summed E-state index contributed by atoms with van der Waals surface area (Å²) in [5, 5.41) is 0. The van der Waals surface area contributed by atoms with Crippen molar-refractivity contribution in [2.24, 2.45) is 5.92 Å². The first-order valence-electron chi connectivity index (χ1n) is 3.96. The zero-order valence-electron chi connectivity index (χ0n) is 7.42. The molecule has 0 N–H and O–H groups in total. The number of carbonyl (C=O) groups is 1. The Labute approximate surface area is 67.7 Å². The molecule has 0 aromatic rings. The summed E-state index contributed by atoms with van der Waals surface area (Å²) in [6.45, 7) is 6.74. The minimum Gasteiger partial charge on any atom is -0.435 e. The molecule has 0 rings (SSSR count). The second-order valence-electron chi connectivity index (χ2n) is 2.71. The maximum Gasteiger partial charge on any atom is 0.508 e. The van der Waals surface area contributed by atoms with E-state index in [1.54, 1.807) is 6.92 Å². The van der Waals surface area contributed by atoms with Gasteiger partial charge in [0.05, 0.1) is 13.2 Å². The monoisotopic (exact) mass is 160 g/mol. The summed E-state index contributed by atoms with van der Waals surface area (Å²) in [6.07, 6.45) is 0.326. The first kappa shape index (κ1) is 10.3. The Balaban J connectivity index is 3.17. The molecule has 0 unspecified atom stereocenters. The van der Waals surface area contributed by atoms with Crippen LogP contribution in [0.15, 0.2) is 0 Å². The molecule has 3 nitrogen and oxygen atoms in total. The third kappa shape index (κ3) is 7.16. The van der Waals surface area contributed by atoms with Crippen molar-refractivity contribution < 1.29 is 14.3 Å². The fourth-order valence-electron chi connectivity index (χ4n) is 0.537. The molecule has 0 amide bonds.